The summed E-state index contributed by atoms with van der Waals surface area (Å²) in [6, 6.07) is 4.42. The van der Waals surface area contributed by atoms with Gasteiger partial charge >= 0.3 is 0 Å². The Morgan fingerprint density at radius 1 is 1.36 bits per heavy atom. The van der Waals surface area contributed by atoms with Gasteiger partial charge in [-0.1, -0.05) is 11.6 Å². The van der Waals surface area contributed by atoms with Crippen molar-refractivity contribution in [1.29, 1.82) is 0 Å². The van der Waals surface area contributed by atoms with Crippen molar-refractivity contribution in [2.45, 2.75) is 11.3 Å². The van der Waals surface area contributed by atoms with Gasteiger partial charge in [-0.2, -0.15) is 0 Å². The van der Waals surface area contributed by atoms with Gasteiger partial charge in [0.2, 0.25) is 10.0 Å². The van der Waals surface area contributed by atoms with E-state index in [1.165, 1.54) is 30.2 Å². The molecule has 0 radical (unpaired) electrons. The highest BCUT2D eigenvalue weighted by molar-refractivity contribution is 7.89. The fourth-order valence-electron chi connectivity index (χ4n) is 2.35. The summed E-state index contributed by atoms with van der Waals surface area (Å²) in [4.78, 5) is 1.62. The number of hydrogen-bond donors (Lipinski definition) is 2. The van der Waals surface area contributed by atoms with Crippen LogP contribution in [0.5, 0.6) is 5.75 Å². The molecule has 8 heteroatoms. The standard InChI is InChI=1S/C14H21ClN2O4S/c1-20-14-11-12(3-4-13(14)15)22(18,19)16-5-2-6-17-7-9-21-10-8-17/h3-4,11,16H,2,5-10H2,1H3/p+1. The van der Waals surface area contributed by atoms with Gasteiger partial charge in [-0.3, -0.25) is 0 Å². The Labute approximate surface area is 136 Å². The second kappa shape index (κ2) is 8.12. The first-order valence-electron chi connectivity index (χ1n) is 7.27. The van der Waals surface area contributed by atoms with Gasteiger partial charge in [0.15, 0.2) is 0 Å². The number of sulfonamides is 1. The topological polar surface area (TPSA) is 69.1 Å². The predicted octanol–water partition coefficient (Wildman–Crippen LogP) is -0.0679. The van der Waals surface area contributed by atoms with Crippen LogP contribution in [0.25, 0.3) is 0 Å². The summed E-state index contributed by atoms with van der Waals surface area (Å²) in [7, 11) is -2.08. The van der Waals surface area contributed by atoms with Crippen molar-refractivity contribution in [3.63, 3.8) is 0 Å². The van der Waals surface area contributed by atoms with Crippen LogP contribution in [0.2, 0.25) is 5.02 Å². The lowest BCUT2D eigenvalue weighted by molar-refractivity contribution is -0.908. The van der Waals surface area contributed by atoms with Gasteiger partial charge in [-0.15, -0.1) is 0 Å². The van der Waals surface area contributed by atoms with Gasteiger partial charge in [-0.05, 0) is 12.1 Å². The summed E-state index contributed by atoms with van der Waals surface area (Å²) in [6.07, 6.45) is 0.791. The van der Waals surface area contributed by atoms with Crippen LogP contribution in [0.4, 0.5) is 0 Å². The van der Waals surface area contributed by atoms with E-state index in [9.17, 15) is 8.42 Å². The zero-order valence-corrected chi connectivity index (χ0v) is 14.2. The number of benzene rings is 1. The predicted molar refractivity (Wildman–Crippen MR) is 84.2 cm³/mol. The highest BCUT2D eigenvalue weighted by Crippen LogP contribution is 2.26. The third kappa shape index (κ3) is 4.82. The molecule has 22 heavy (non-hydrogen) atoms. The molecule has 1 aromatic rings. The largest absolute Gasteiger partial charge is 0.495 e. The lowest BCUT2D eigenvalue weighted by atomic mass is 10.3. The molecule has 124 valence electrons. The number of methoxy groups -OCH3 is 1. The van der Waals surface area contributed by atoms with E-state index in [1.54, 1.807) is 0 Å². The molecule has 0 spiro atoms. The molecule has 0 atom stereocenters. The van der Waals surface area contributed by atoms with E-state index in [0.29, 0.717) is 17.3 Å². The van der Waals surface area contributed by atoms with Gasteiger partial charge in [0.1, 0.15) is 18.8 Å². The normalized spacial score (nSPS) is 16.6. The fourth-order valence-corrected chi connectivity index (χ4v) is 3.63. The van der Waals surface area contributed by atoms with E-state index >= 15 is 0 Å². The first-order chi connectivity index (χ1) is 10.5. The lowest BCUT2D eigenvalue weighted by Crippen LogP contribution is -3.14. The maximum Gasteiger partial charge on any atom is 0.240 e. The van der Waals surface area contributed by atoms with Gasteiger partial charge in [0.25, 0.3) is 0 Å². The average molecular weight is 350 g/mol. The van der Waals surface area contributed by atoms with Gasteiger partial charge in [0, 0.05) is 19.0 Å². The number of quaternary nitrogens is 1. The molecule has 0 aromatic heterocycles. The Hall–Kier alpha value is -0.860. The SMILES string of the molecule is COc1cc(S(=O)(=O)NCCC[NH+]2CCOCC2)ccc1Cl. The summed E-state index contributed by atoms with van der Waals surface area (Å²) in [5.74, 6) is 0.349. The Morgan fingerprint density at radius 3 is 2.77 bits per heavy atom. The van der Waals surface area contributed by atoms with E-state index in [4.69, 9.17) is 21.1 Å². The second-order valence-electron chi connectivity index (χ2n) is 5.16. The third-order valence-corrected chi connectivity index (χ3v) is 5.40. The molecule has 0 bridgehead atoms. The second-order valence-corrected chi connectivity index (χ2v) is 7.33. The van der Waals surface area contributed by atoms with Crippen molar-refractivity contribution in [2.24, 2.45) is 0 Å². The Balaban J connectivity index is 1.85. The first kappa shape index (κ1) is 17.5. The van der Waals surface area contributed by atoms with Crippen LogP contribution < -0.4 is 14.4 Å². The molecule has 0 amide bonds. The Bertz CT molecular complexity index is 589. The summed E-state index contributed by atoms with van der Waals surface area (Å²) in [5, 5.41) is 0.386. The molecule has 1 aliphatic heterocycles. The zero-order chi connectivity index (χ0) is 16.0. The molecule has 1 saturated heterocycles. The molecular weight excluding hydrogens is 328 g/mol. The minimum Gasteiger partial charge on any atom is -0.495 e. The van der Waals surface area contributed by atoms with Crippen molar-refractivity contribution >= 4 is 21.6 Å². The third-order valence-electron chi connectivity index (χ3n) is 3.63. The summed E-state index contributed by atoms with van der Waals surface area (Å²) in [6.45, 7) is 4.90. The van der Waals surface area contributed by atoms with Crippen molar-refractivity contribution < 1.29 is 22.8 Å². The van der Waals surface area contributed by atoms with Crippen LogP contribution in [0.15, 0.2) is 23.1 Å². The van der Waals surface area contributed by atoms with Crippen LogP contribution >= 0.6 is 11.6 Å². The molecule has 2 N–H and O–H groups in total. The maximum absolute atomic E-state index is 12.2. The van der Waals surface area contributed by atoms with Crippen LogP contribution in [0, 0.1) is 0 Å². The number of morpholine rings is 1. The molecule has 1 heterocycles. The molecule has 0 saturated carbocycles. The molecule has 0 unspecified atom stereocenters. The summed E-state index contributed by atoms with van der Waals surface area (Å²) in [5.41, 5.74) is 0. The van der Waals surface area contributed by atoms with E-state index < -0.39 is 10.0 Å². The number of ether oxygens (including phenoxy) is 2. The van der Waals surface area contributed by atoms with Crippen LogP contribution in [-0.4, -0.2) is 54.9 Å². The Kier molecular flexibility index (Phi) is 6.46. The van der Waals surface area contributed by atoms with Crippen molar-refractivity contribution in [3.05, 3.63) is 23.2 Å². The van der Waals surface area contributed by atoms with E-state index in [1.807, 2.05) is 0 Å². The van der Waals surface area contributed by atoms with Crippen molar-refractivity contribution in [1.82, 2.24) is 4.72 Å². The zero-order valence-electron chi connectivity index (χ0n) is 12.6. The van der Waals surface area contributed by atoms with Crippen molar-refractivity contribution in [3.8, 4) is 5.75 Å². The van der Waals surface area contributed by atoms with Gasteiger partial charge in [-0.25, -0.2) is 13.1 Å². The molecule has 6 nitrogen and oxygen atoms in total. The highest BCUT2D eigenvalue weighted by atomic mass is 35.5. The van der Waals surface area contributed by atoms with Crippen LogP contribution in [-0.2, 0) is 14.8 Å². The number of halogens is 1. The molecule has 0 aliphatic carbocycles. The summed E-state index contributed by atoms with van der Waals surface area (Å²) >= 11 is 5.91. The first-order valence-corrected chi connectivity index (χ1v) is 9.13. The van der Waals surface area contributed by atoms with Crippen LogP contribution in [0.3, 0.4) is 0 Å². The molecule has 2 rings (SSSR count). The number of rotatable bonds is 7. The Morgan fingerprint density at radius 2 is 2.09 bits per heavy atom. The quantitative estimate of drug-likeness (QED) is 0.676. The van der Waals surface area contributed by atoms with E-state index in [-0.39, 0.29) is 4.90 Å². The van der Waals surface area contributed by atoms with Gasteiger partial charge < -0.3 is 14.4 Å². The maximum atomic E-state index is 12.2. The number of nitrogens with one attached hydrogen (secondary N) is 2. The monoisotopic (exact) mass is 349 g/mol. The minimum absolute atomic E-state index is 0.160. The highest BCUT2D eigenvalue weighted by Gasteiger charge is 2.17. The fraction of sp³-hybridized carbons (Fsp3) is 0.571. The van der Waals surface area contributed by atoms with E-state index in [0.717, 1.165) is 39.3 Å². The summed E-state index contributed by atoms with van der Waals surface area (Å²) < 4.78 is 37.4. The number of hydrogen-bond acceptors (Lipinski definition) is 4. The lowest BCUT2D eigenvalue weighted by Gasteiger charge is -2.23. The van der Waals surface area contributed by atoms with E-state index in [2.05, 4.69) is 4.72 Å². The molecule has 1 aromatic carbocycles. The molecular formula is C14H22ClN2O4S+. The average Bonchev–Trinajstić information content (AvgIpc) is 2.53. The van der Waals surface area contributed by atoms with Crippen LogP contribution in [0.1, 0.15) is 6.42 Å². The smallest absolute Gasteiger partial charge is 0.240 e. The molecule has 1 aliphatic rings. The molecule has 1 fully saturated rings. The van der Waals surface area contributed by atoms with Crippen molar-refractivity contribution in [2.75, 3.05) is 46.5 Å². The minimum atomic E-state index is -3.54. The van der Waals surface area contributed by atoms with Gasteiger partial charge in [0.05, 0.1) is 36.8 Å².